The monoisotopic (exact) mass is 206 g/mol. The van der Waals surface area contributed by atoms with Crippen LogP contribution < -0.4 is 5.73 Å². The molecule has 0 unspecified atom stereocenters. The molecule has 1 fully saturated rings. The predicted molar refractivity (Wildman–Crippen MR) is 57.7 cm³/mol. The lowest BCUT2D eigenvalue weighted by Gasteiger charge is -2.13. The van der Waals surface area contributed by atoms with Crippen molar-refractivity contribution in [3.8, 4) is 0 Å². The van der Waals surface area contributed by atoms with Crippen LogP contribution in [0.2, 0.25) is 0 Å². The summed E-state index contributed by atoms with van der Waals surface area (Å²) in [5.74, 6) is 0. The Balaban J connectivity index is 2.39. The number of nitrogens with zero attached hydrogens (tertiary/aromatic N) is 1. The van der Waals surface area contributed by atoms with Crippen LogP contribution in [0.1, 0.15) is 24.8 Å². The van der Waals surface area contributed by atoms with Crippen LogP contribution in [-0.2, 0) is 5.41 Å². The fraction of sp³-hybridized carbons (Fsp3) is 0.455. The Morgan fingerprint density at radius 3 is 2.60 bits per heavy atom. The van der Waals surface area contributed by atoms with Gasteiger partial charge >= 0.3 is 0 Å². The summed E-state index contributed by atoms with van der Waals surface area (Å²) in [5, 5.41) is 10.9. The van der Waals surface area contributed by atoms with Crippen molar-refractivity contribution in [2.24, 2.45) is 5.73 Å². The Bertz CT molecular complexity index is 386. The third-order valence-corrected chi connectivity index (χ3v) is 3.15. The first-order chi connectivity index (χ1) is 7.19. The van der Waals surface area contributed by atoms with Crippen LogP contribution >= 0.6 is 0 Å². The lowest BCUT2D eigenvalue weighted by atomic mass is 9.91. The van der Waals surface area contributed by atoms with Crippen LogP contribution in [0.3, 0.4) is 0 Å². The van der Waals surface area contributed by atoms with Crippen molar-refractivity contribution >= 4 is 5.69 Å². The highest BCUT2D eigenvalue weighted by Crippen LogP contribution is 2.53. The van der Waals surface area contributed by atoms with Crippen molar-refractivity contribution < 1.29 is 4.92 Å². The molecule has 0 aliphatic heterocycles. The molecule has 1 aliphatic rings. The molecule has 0 saturated heterocycles. The molecular formula is C11H14N2O2. The van der Waals surface area contributed by atoms with Crippen molar-refractivity contribution in [1.82, 2.24) is 0 Å². The van der Waals surface area contributed by atoms with Gasteiger partial charge in [-0.2, -0.15) is 0 Å². The van der Waals surface area contributed by atoms with E-state index in [2.05, 4.69) is 0 Å². The van der Waals surface area contributed by atoms with Gasteiger partial charge in [0.15, 0.2) is 0 Å². The average Bonchev–Trinajstić information content (AvgIpc) is 2.99. The zero-order valence-corrected chi connectivity index (χ0v) is 8.48. The van der Waals surface area contributed by atoms with Crippen molar-refractivity contribution in [3.63, 3.8) is 0 Å². The third-order valence-electron chi connectivity index (χ3n) is 3.15. The molecule has 1 aromatic rings. The molecule has 1 aliphatic carbocycles. The van der Waals surface area contributed by atoms with Crippen molar-refractivity contribution in [2.45, 2.75) is 24.7 Å². The van der Waals surface area contributed by atoms with E-state index in [1.165, 1.54) is 0 Å². The Morgan fingerprint density at radius 2 is 2.07 bits per heavy atom. The number of nitro groups is 1. The van der Waals surface area contributed by atoms with Crippen LogP contribution in [0.15, 0.2) is 24.3 Å². The van der Waals surface area contributed by atoms with E-state index < -0.39 is 0 Å². The molecule has 4 nitrogen and oxygen atoms in total. The van der Waals surface area contributed by atoms with E-state index in [1.54, 1.807) is 12.1 Å². The summed E-state index contributed by atoms with van der Waals surface area (Å²) in [6.07, 6.45) is 2.89. The molecular weight excluding hydrogens is 192 g/mol. The lowest BCUT2D eigenvalue weighted by Crippen LogP contribution is -2.15. The Morgan fingerprint density at radius 1 is 1.40 bits per heavy atom. The maximum Gasteiger partial charge on any atom is 0.273 e. The van der Waals surface area contributed by atoms with Crippen molar-refractivity contribution in [1.29, 1.82) is 0 Å². The molecule has 2 rings (SSSR count). The number of hydrogen-bond acceptors (Lipinski definition) is 3. The lowest BCUT2D eigenvalue weighted by molar-refractivity contribution is -0.385. The minimum atomic E-state index is -0.300. The molecule has 15 heavy (non-hydrogen) atoms. The molecule has 2 N–H and O–H groups in total. The molecule has 0 bridgehead atoms. The molecule has 0 aromatic heterocycles. The van der Waals surface area contributed by atoms with Crippen molar-refractivity contribution in [3.05, 3.63) is 39.9 Å². The van der Waals surface area contributed by atoms with E-state index in [-0.39, 0.29) is 16.0 Å². The zero-order chi connectivity index (χ0) is 10.9. The fourth-order valence-electron chi connectivity index (χ4n) is 2.16. The highest BCUT2D eigenvalue weighted by Gasteiger charge is 2.46. The number of benzene rings is 1. The predicted octanol–water partition coefficient (Wildman–Crippen LogP) is 1.98. The average molecular weight is 206 g/mol. The Hall–Kier alpha value is -1.42. The first kappa shape index (κ1) is 10.1. The molecule has 0 spiro atoms. The number of rotatable bonds is 4. The maximum atomic E-state index is 10.9. The summed E-state index contributed by atoms with van der Waals surface area (Å²) >= 11 is 0. The molecule has 1 aromatic carbocycles. The first-order valence-corrected chi connectivity index (χ1v) is 5.14. The highest BCUT2D eigenvalue weighted by molar-refractivity contribution is 5.48. The van der Waals surface area contributed by atoms with Gasteiger partial charge in [-0.15, -0.1) is 0 Å². The summed E-state index contributed by atoms with van der Waals surface area (Å²) in [7, 11) is 0. The molecule has 80 valence electrons. The van der Waals surface area contributed by atoms with E-state index in [1.807, 2.05) is 12.1 Å². The second kappa shape index (κ2) is 3.62. The fourth-order valence-corrected chi connectivity index (χ4v) is 2.16. The largest absolute Gasteiger partial charge is 0.330 e. The third kappa shape index (κ3) is 1.72. The second-order valence-electron chi connectivity index (χ2n) is 4.09. The number of hydrogen-bond donors (Lipinski definition) is 1. The van der Waals surface area contributed by atoms with Crippen LogP contribution in [0.25, 0.3) is 0 Å². The normalized spacial score (nSPS) is 17.4. The Labute approximate surface area is 88.2 Å². The molecule has 4 heteroatoms. The van der Waals surface area contributed by atoms with Gasteiger partial charge < -0.3 is 5.73 Å². The van der Waals surface area contributed by atoms with E-state index in [0.29, 0.717) is 6.54 Å². The minimum Gasteiger partial charge on any atom is -0.330 e. The summed E-state index contributed by atoms with van der Waals surface area (Å²) in [4.78, 5) is 10.6. The van der Waals surface area contributed by atoms with Gasteiger partial charge in [0.1, 0.15) is 0 Å². The van der Waals surface area contributed by atoms with Gasteiger partial charge in [-0.05, 0) is 25.8 Å². The molecule has 0 radical (unpaired) electrons. The molecule has 0 atom stereocenters. The van der Waals surface area contributed by atoms with Crippen LogP contribution in [-0.4, -0.2) is 11.5 Å². The van der Waals surface area contributed by atoms with Crippen LogP contribution in [0.4, 0.5) is 5.69 Å². The smallest absolute Gasteiger partial charge is 0.273 e. The van der Waals surface area contributed by atoms with Gasteiger partial charge in [-0.1, -0.05) is 18.2 Å². The summed E-state index contributed by atoms with van der Waals surface area (Å²) in [6.45, 7) is 0.589. The van der Waals surface area contributed by atoms with Gasteiger partial charge in [-0.3, -0.25) is 10.1 Å². The standard InChI is InChI=1S/C11H14N2O2/c12-8-7-11(5-6-11)9-3-1-2-4-10(9)13(14)15/h1-4H,5-8,12H2. The van der Waals surface area contributed by atoms with Crippen LogP contribution in [0, 0.1) is 10.1 Å². The first-order valence-electron chi connectivity index (χ1n) is 5.14. The van der Waals surface area contributed by atoms with E-state index in [0.717, 1.165) is 24.8 Å². The van der Waals surface area contributed by atoms with Gasteiger partial charge in [-0.25, -0.2) is 0 Å². The van der Waals surface area contributed by atoms with Crippen LogP contribution in [0.5, 0.6) is 0 Å². The number of nitro benzene ring substituents is 1. The topological polar surface area (TPSA) is 69.2 Å². The summed E-state index contributed by atoms with van der Waals surface area (Å²) in [6, 6.07) is 7.01. The Kier molecular flexibility index (Phi) is 2.44. The van der Waals surface area contributed by atoms with Gasteiger partial charge in [0, 0.05) is 17.0 Å². The molecule has 0 heterocycles. The summed E-state index contributed by atoms with van der Waals surface area (Å²) < 4.78 is 0. The number of para-hydroxylation sites is 1. The zero-order valence-electron chi connectivity index (χ0n) is 8.48. The van der Waals surface area contributed by atoms with Gasteiger partial charge in [0.25, 0.3) is 5.69 Å². The maximum absolute atomic E-state index is 10.9. The second-order valence-corrected chi connectivity index (χ2v) is 4.09. The molecule has 0 amide bonds. The van der Waals surface area contributed by atoms with Gasteiger partial charge in [0.05, 0.1) is 4.92 Å². The SMILES string of the molecule is NCCC1(c2ccccc2[N+](=O)[O-])CC1. The van der Waals surface area contributed by atoms with E-state index in [9.17, 15) is 10.1 Å². The van der Waals surface area contributed by atoms with Gasteiger partial charge in [0.2, 0.25) is 0 Å². The minimum absolute atomic E-state index is 0.00157. The highest BCUT2D eigenvalue weighted by atomic mass is 16.6. The van der Waals surface area contributed by atoms with E-state index >= 15 is 0 Å². The number of nitrogens with two attached hydrogens (primary N) is 1. The summed E-state index contributed by atoms with van der Waals surface area (Å²) in [5.41, 5.74) is 6.65. The molecule has 1 saturated carbocycles. The quantitative estimate of drug-likeness (QED) is 0.604. The van der Waals surface area contributed by atoms with Crippen molar-refractivity contribution in [2.75, 3.05) is 6.54 Å². The van der Waals surface area contributed by atoms with E-state index in [4.69, 9.17) is 5.73 Å².